The molecule has 1 heterocycles. The summed E-state index contributed by atoms with van der Waals surface area (Å²) in [6.45, 7) is 6.08. The molecule has 130 valence electrons. The van der Waals surface area contributed by atoms with Crippen LogP contribution in [0.1, 0.15) is 36.4 Å². The zero-order valence-corrected chi connectivity index (χ0v) is 15.5. The minimum atomic E-state index is 0.614. The first-order valence-corrected chi connectivity index (χ1v) is 8.93. The molecule has 0 saturated carbocycles. The minimum Gasteiger partial charge on any atom is -0.497 e. The number of carbonyl (C=O) groups is 1. The van der Waals surface area contributed by atoms with Gasteiger partial charge >= 0.3 is 0 Å². The Morgan fingerprint density at radius 1 is 1.25 bits per heavy atom. The lowest BCUT2D eigenvalue weighted by molar-refractivity contribution is 0.112. The molecule has 0 fully saturated rings. The van der Waals surface area contributed by atoms with Gasteiger partial charge in [-0.25, -0.2) is 4.98 Å². The number of hydrogen-bond donors (Lipinski definition) is 0. The van der Waals surface area contributed by atoms with E-state index >= 15 is 0 Å². The molecule has 6 heteroatoms. The summed E-state index contributed by atoms with van der Waals surface area (Å²) in [7, 11) is 3.21. The third-order valence-corrected chi connectivity index (χ3v) is 4.89. The molecule has 0 bridgehead atoms. The molecule has 0 spiro atoms. The summed E-state index contributed by atoms with van der Waals surface area (Å²) in [5.41, 5.74) is 1.47. The number of nitrogens with zero attached hydrogens (tertiary/aromatic N) is 2. The van der Waals surface area contributed by atoms with Crippen molar-refractivity contribution in [2.45, 2.75) is 26.7 Å². The molecular formula is C18H24N2O3S. The predicted molar refractivity (Wildman–Crippen MR) is 98.8 cm³/mol. The van der Waals surface area contributed by atoms with Gasteiger partial charge in [-0.05, 0) is 25.5 Å². The monoisotopic (exact) mass is 348 g/mol. The number of unbranched alkanes of at least 4 members (excludes halogenated alkanes) is 1. The largest absolute Gasteiger partial charge is 0.497 e. The molecule has 1 aromatic heterocycles. The van der Waals surface area contributed by atoms with Gasteiger partial charge in [-0.2, -0.15) is 0 Å². The average molecular weight is 348 g/mol. The van der Waals surface area contributed by atoms with E-state index in [4.69, 9.17) is 14.5 Å². The molecule has 0 amide bonds. The molecule has 0 aliphatic carbocycles. The van der Waals surface area contributed by atoms with Crippen molar-refractivity contribution < 1.29 is 14.3 Å². The normalized spacial score (nSPS) is 10.5. The number of thiazole rings is 1. The topological polar surface area (TPSA) is 51.7 Å². The van der Waals surface area contributed by atoms with Crippen LogP contribution in [-0.2, 0) is 0 Å². The lowest BCUT2D eigenvalue weighted by Crippen LogP contribution is -2.23. The molecule has 0 saturated heterocycles. The van der Waals surface area contributed by atoms with Gasteiger partial charge in [0.05, 0.1) is 24.8 Å². The van der Waals surface area contributed by atoms with Crippen LogP contribution in [0.4, 0.5) is 5.13 Å². The summed E-state index contributed by atoms with van der Waals surface area (Å²) < 4.78 is 10.7. The fourth-order valence-electron chi connectivity index (χ4n) is 2.46. The summed E-state index contributed by atoms with van der Waals surface area (Å²) >= 11 is 1.43. The Kier molecular flexibility index (Phi) is 6.61. The first kappa shape index (κ1) is 18.3. The van der Waals surface area contributed by atoms with Crippen LogP contribution in [-0.4, -0.2) is 38.6 Å². The molecule has 24 heavy (non-hydrogen) atoms. The molecule has 0 unspecified atom stereocenters. The molecule has 0 N–H and O–H groups in total. The molecule has 2 rings (SSSR count). The second kappa shape index (κ2) is 8.68. The molecular weight excluding hydrogens is 324 g/mol. The Morgan fingerprint density at radius 3 is 2.62 bits per heavy atom. The van der Waals surface area contributed by atoms with Gasteiger partial charge in [0.25, 0.3) is 0 Å². The molecule has 5 nitrogen and oxygen atoms in total. The number of carbonyl (C=O) groups excluding carboxylic acids is 1. The minimum absolute atomic E-state index is 0.614. The van der Waals surface area contributed by atoms with Crippen LogP contribution in [0.2, 0.25) is 0 Å². The predicted octanol–water partition coefficient (Wildman–Crippen LogP) is 4.27. The first-order valence-electron chi connectivity index (χ1n) is 8.11. The smallest absolute Gasteiger partial charge is 0.186 e. The number of methoxy groups -OCH3 is 2. The third-order valence-electron chi connectivity index (χ3n) is 3.85. The van der Waals surface area contributed by atoms with E-state index in [1.54, 1.807) is 20.3 Å². The second-order valence-electron chi connectivity index (χ2n) is 5.33. The van der Waals surface area contributed by atoms with Crippen molar-refractivity contribution in [3.05, 3.63) is 23.1 Å². The Morgan fingerprint density at radius 2 is 2.04 bits per heavy atom. The van der Waals surface area contributed by atoms with E-state index in [2.05, 4.69) is 18.7 Å². The van der Waals surface area contributed by atoms with Crippen molar-refractivity contribution in [3.8, 4) is 22.8 Å². The fraction of sp³-hybridized carbons (Fsp3) is 0.444. The Balaban J connectivity index is 2.45. The highest BCUT2D eigenvalue weighted by molar-refractivity contribution is 7.17. The number of rotatable bonds is 9. The number of ether oxygens (including phenoxy) is 2. The van der Waals surface area contributed by atoms with Crippen LogP contribution in [0, 0.1) is 0 Å². The molecule has 0 aliphatic rings. The van der Waals surface area contributed by atoms with Crippen molar-refractivity contribution in [1.82, 2.24) is 4.98 Å². The van der Waals surface area contributed by atoms with Gasteiger partial charge in [0.15, 0.2) is 11.4 Å². The third kappa shape index (κ3) is 3.87. The van der Waals surface area contributed by atoms with Crippen LogP contribution in [0.5, 0.6) is 11.5 Å². The fourth-order valence-corrected chi connectivity index (χ4v) is 3.44. The van der Waals surface area contributed by atoms with Crippen LogP contribution >= 0.6 is 11.3 Å². The molecule has 2 aromatic rings. The van der Waals surface area contributed by atoms with Crippen molar-refractivity contribution in [2.24, 2.45) is 0 Å². The van der Waals surface area contributed by atoms with E-state index in [9.17, 15) is 4.79 Å². The Bertz CT molecular complexity index is 685. The second-order valence-corrected chi connectivity index (χ2v) is 6.34. The maximum Gasteiger partial charge on any atom is 0.186 e. The van der Waals surface area contributed by atoms with E-state index in [1.807, 2.05) is 12.1 Å². The summed E-state index contributed by atoms with van der Waals surface area (Å²) in [5, 5.41) is 0.876. The van der Waals surface area contributed by atoms with E-state index in [-0.39, 0.29) is 0 Å². The van der Waals surface area contributed by atoms with Gasteiger partial charge in [0, 0.05) is 24.7 Å². The van der Waals surface area contributed by atoms with Crippen LogP contribution in [0.25, 0.3) is 11.3 Å². The summed E-state index contributed by atoms with van der Waals surface area (Å²) in [4.78, 5) is 19.1. The SMILES string of the molecule is CCCCN(CC)c1nc(-c2ccc(OC)cc2OC)c(C=O)s1. The molecule has 0 aliphatic heterocycles. The number of anilines is 1. The lowest BCUT2D eigenvalue weighted by atomic mass is 10.1. The average Bonchev–Trinajstić information content (AvgIpc) is 3.05. The van der Waals surface area contributed by atoms with Crippen LogP contribution < -0.4 is 14.4 Å². The van der Waals surface area contributed by atoms with E-state index in [0.29, 0.717) is 22.1 Å². The lowest BCUT2D eigenvalue weighted by Gasteiger charge is -2.19. The van der Waals surface area contributed by atoms with E-state index in [1.165, 1.54) is 11.3 Å². The maximum absolute atomic E-state index is 11.5. The standard InChI is InChI=1S/C18H24N2O3S/c1-5-7-10-20(6-2)18-19-17(16(12-21)24-18)14-9-8-13(22-3)11-15(14)23-4/h8-9,11-12H,5-7,10H2,1-4H3. The van der Waals surface area contributed by atoms with Crippen molar-refractivity contribution in [2.75, 3.05) is 32.2 Å². The molecule has 1 aromatic carbocycles. The quantitative estimate of drug-likeness (QED) is 0.634. The maximum atomic E-state index is 11.5. The van der Waals surface area contributed by atoms with Gasteiger partial charge in [-0.1, -0.05) is 24.7 Å². The Labute approximate surface area is 147 Å². The number of aldehydes is 1. The van der Waals surface area contributed by atoms with Gasteiger partial charge < -0.3 is 14.4 Å². The van der Waals surface area contributed by atoms with Crippen molar-refractivity contribution >= 4 is 22.8 Å². The zero-order valence-electron chi connectivity index (χ0n) is 14.7. The molecule has 0 radical (unpaired) electrons. The Hall–Kier alpha value is -2.08. The van der Waals surface area contributed by atoms with Crippen molar-refractivity contribution in [1.29, 1.82) is 0 Å². The number of aromatic nitrogens is 1. The molecule has 0 atom stereocenters. The highest BCUT2D eigenvalue weighted by Gasteiger charge is 2.19. The number of benzene rings is 1. The van der Waals surface area contributed by atoms with Crippen LogP contribution in [0.3, 0.4) is 0 Å². The van der Waals surface area contributed by atoms with Gasteiger partial charge in [-0.15, -0.1) is 0 Å². The number of hydrogen-bond acceptors (Lipinski definition) is 6. The zero-order chi connectivity index (χ0) is 17.5. The van der Waals surface area contributed by atoms with E-state index in [0.717, 1.165) is 42.9 Å². The van der Waals surface area contributed by atoms with Gasteiger partial charge in [0.1, 0.15) is 11.5 Å². The first-order chi connectivity index (χ1) is 11.7. The highest BCUT2D eigenvalue weighted by atomic mass is 32.1. The van der Waals surface area contributed by atoms with Crippen LogP contribution in [0.15, 0.2) is 18.2 Å². The van der Waals surface area contributed by atoms with Gasteiger partial charge in [-0.3, -0.25) is 4.79 Å². The van der Waals surface area contributed by atoms with Crippen molar-refractivity contribution in [3.63, 3.8) is 0 Å². The summed E-state index contributed by atoms with van der Waals surface area (Å²) in [5.74, 6) is 1.35. The highest BCUT2D eigenvalue weighted by Crippen LogP contribution is 2.38. The summed E-state index contributed by atoms with van der Waals surface area (Å²) in [6, 6.07) is 5.53. The summed E-state index contributed by atoms with van der Waals surface area (Å²) in [6.07, 6.45) is 3.10. The van der Waals surface area contributed by atoms with Gasteiger partial charge in [0.2, 0.25) is 0 Å². The van der Waals surface area contributed by atoms with E-state index < -0.39 is 0 Å².